The highest BCUT2D eigenvalue weighted by atomic mass is 16.4. The van der Waals surface area contributed by atoms with Gasteiger partial charge < -0.3 is 15.9 Å². The number of aromatic carboxylic acids is 1. The average molecular weight is 458 g/mol. The Kier molecular flexibility index (Phi) is 6.92. The molecule has 0 radical (unpaired) electrons. The molecule has 0 amide bonds. The van der Waals surface area contributed by atoms with Crippen LogP contribution in [0.5, 0.6) is 5.75 Å². The van der Waals surface area contributed by atoms with Gasteiger partial charge in [-0.15, -0.1) is 0 Å². The molecule has 4 heteroatoms. The molecule has 0 atom stereocenters. The van der Waals surface area contributed by atoms with E-state index in [1.165, 1.54) is 27.8 Å². The van der Waals surface area contributed by atoms with Crippen molar-refractivity contribution in [3.63, 3.8) is 0 Å². The molecular formula is C30H35NO3. The van der Waals surface area contributed by atoms with Crippen LogP contribution in [0.4, 0.5) is 5.69 Å². The van der Waals surface area contributed by atoms with Crippen molar-refractivity contribution < 1.29 is 15.0 Å². The second kappa shape index (κ2) is 9.38. The monoisotopic (exact) mass is 457 g/mol. The highest BCUT2D eigenvalue weighted by molar-refractivity contribution is 5.88. The third kappa shape index (κ3) is 5.51. The first-order valence-corrected chi connectivity index (χ1v) is 11.5. The molecule has 0 saturated heterocycles. The third-order valence-corrected chi connectivity index (χ3v) is 6.57. The highest BCUT2D eigenvalue weighted by Crippen LogP contribution is 2.50. The number of carboxylic acids is 1. The van der Waals surface area contributed by atoms with E-state index in [-0.39, 0.29) is 16.6 Å². The number of phenols is 1. The summed E-state index contributed by atoms with van der Waals surface area (Å²) in [5, 5.41) is 17.7. The highest BCUT2D eigenvalue weighted by Gasteiger charge is 2.42. The molecular weight excluding hydrogens is 422 g/mol. The zero-order chi connectivity index (χ0) is 25.3. The van der Waals surface area contributed by atoms with Crippen LogP contribution in [0, 0.1) is 6.92 Å². The van der Waals surface area contributed by atoms with Crippen LogP contribution in [0.25, 0.3) is 11.6 Å². The third-order valence-electron chi connectivity index (χ3n) is 6.57. The number of hydrogen-bond acceptors (Lipinski definition) is 3. The van der Waals surface area contributed by atoms with Gasteiger partial charge in [-0.1, -0.05) is 58.0 Å². The number of carbonyl (C=O) groups is 1. The molecule has 0 aliphatic heterocycles. The molecule has 0 saturated carbocycles. The molecule has 0 aromatic heterocycles. The molecule has 0 heterocycles. The number of aromatic hydroxyl groups is 1. The molecule has 4 nitrogen and oxygen atoms in total. The van der Waals surface area contributed by atoms with Crippen LogP contribution in [0.2, 0.25) is 0 Å². The number of hydrogen-bond donors (Lipinski definition) is 3. The number of rotatable bonds is 3. The lowest BCUT2D eigenvalue weighted by atomic mass is 9.82. The van der Waals surface area contributed by atoms with E-state index in [9.17, 15) is 4.79 Å². The number of nitrogen functional groups attached to an aromatic ring is 1. The molecule has 0 spiro atoms. The van der Waals surface area contributed by atoms with Crippen LogP contribution < -0.4 is 5.73 Å². The van der Waals surface area contributed by atoms with Crippen LogP contribution in [0.1, 0.15) is 79.2 Å². The lowest BCUT2D eigenvalue weighted by Crippen LogP contribution is -2.17. The van der Waals surface area contributed by atoms with Crippen molar-refractivity contribution in [3.8, 4) is 5.75 Å². The Hall–Kier alpha value is -3.53. The van der Waals surface area contributed by atoms with Gasteiger partial charge in [0.15, 0.2) is 0 Å². The molecule has 3 aromatic carbocycles. The van der Waals surface area contributed by atoms with Crippen molar-refractivity contribution in [2.24, 2.45) is 0 Å². The number of allylic oxidation sites excluding steroid dienone is 1. The first-order valence-electron chi connectivity index (χ1n) is 11.5. The summed E-state index contributed by atoms with van der Waals surface area (Å²) in [6.45, 7) is 13.7. The Morgan fingerprint density at radius 2 is 1.44 bits per heavy atom. The van der Waals surface area contributed by atoms with Gasteiger partial charge in [-0.25, -0.2) is 4.79 Å². The quantitative estimate of drug-likeness (QED) is 0.221. The van der Waals surface area contributed by atoms with Crippen LogP contribution in [0.3, 0.4) is 0 Å². The lowest BCUT2D eigenvalue weighted by Gasteiger charge is -2.22. The predicted octanol–water partition coefficient (Wildman–Crippen LogP) is 7.19. The van der Waals surface area contributed by atoms with Gasteiger partial charge in [-0.2, -0.15) is 0 Å². The number of anilines is 1. The van der Waals surface area contributed by atoms with Crippen molar-refractivity contribution >= 4 is 23.3 Å². The number of carboxylic acid groups (broad SMARTS) is 1. The zero-order valence-corrected chi connectivity index (χ0v) is 20.9. The molecule has 1 aliphatic rings. The van der Waals surface area contributed by atoms with Gasteiger partial charge >= 0.3 is 5.97 Å². The fourth-order valence-corrected chi connectivity index (χ4v) is 5.07. The Morgan fingerprint density at radius 1 is 0.912 bits per heavy atom. The van der Waals surface area contributed by atoms with Gasteiger partial charge in [-0.3, -0.25) is 0 Å². The fourth-order valence-electron chi connectivity index (χ4n) is 5.07. The Bertz CT molecular complexity index is 1200. The van der Waals surface area contributed by atoms with Crippen LogP contribution >= 0.6 is 0 Å². The maximum Gasteiger partial charge on any atom is 0.335 e. The summed E-state index contributed by atoms with van der Waals surface area (Å²) >= 11 is 0. The van der Waals surface area contributed by atoms with E-state index in [0.717, 1.165) is 12.0 Å². The van der Waals surface area contributed by atoms with Crippen molar-refractivity contribution in [3.05, 3.63) is 94.0 Å². The van der Waals surface area contributed by atoms with Crippen molar-refractivity contribution in [1.29, 1.82) is 0 Å². The van der Waals surface area contributed by atoms with Gasteiger partial charge in [0.05, 0.1) is 5.56 Å². The minimum atomic E-state index is -0.892. The maximum atomic E-state index is 11.0. The molecule has 178 valence electrons. The topological polar surface area (TPSA) is 83.5 Å². The summed E-state index contributed by atoms with van der Waals surface area (Å²) in [5.41, 5.74) is 14.4. The minimum absolute atomic E-state index is 0.185. The smallest absolute Gasteiger partial charge is 0.335 e. The van der Waals surface area contributed by atoms with Gasteiger partial charge in [0.1, 0.15) is 5.75 Å². The van der Waals surface area contributed by atoms with Crippen LogP contribution in [0.15, 0.2) is 60.7 Å². The van der Waals surface area contributed by atoms with E-state index in [4.69, 9.17) is 15.9 Å². The van der Waals surface area contributed by atoms with E-state index in [1.807, 2.05) is 12.1 Å². The largest absolute Gasteiger partial charge is 0.508 e. The molecule has 4 rings (SSSR count). The second-order valence-corrected chi connectivity index (χ2v) is 10.5. The summed E-state index contributed by atoms with van der Waals surface area (Å²) in [6.07, 6.45) is 3.30. The van der Waals surface area contributed by atoms with Gasteiger partial charge in [0.2, 0.25) is 0 Å². The molecule has 0 bridgehead atoms. The van der Waals surface area contributed by atoms with E-state index < -0.39 is 5.97 Å². The second-order valence-electron chi connectivity index (χ2n) is 10.5. The lowest BCUT2D eigenvalue weighted by molar-refractivity contribution is 0.0697. The molecule has 0 fully saturated rings. The minimum Gasteiger partial charge on any atom is -0.508 e. The fraction of sp³-hybridized carbons (Fsp3) is 0.300. The van der Waals surface area contributed by atoms with Crippen molar-refractivity contribution in [1.82, 2.24) is 0 Å². The zero-order valence-electron chi connectivity index (χ0n) is 20.9. The van der Waals surface area contributed by atoms with E-state index >= 15 is 0 Å². The molecule has 0 unspecified atom stereocenters. The van der Waals surface area contributed by atoms with Gasteiger partial charge in [0.25, 0.3) is 0 Å². The van der Waals surface area contributed by atoms with E-state index in [1.54, 1.807) is 36.4 Å². The van der Waals surface area contributed by atoms with Gasteiger partial charge in [0, 0.05) is 5.69 Å². The summed E-state index contributed by atoms with van der Waals surface area (Å²) < 4.78 is 0. The first-order chi connectivity index (χ1) is 15.8. The number of aryl methyl sites for hydroxylation is 1. The number of benzene rings is 3. The summed E-state index contributed by atoms with van der Waals surface area (Å²) in [7, 11) is 0. The van der Waals surface area contributed by atoms with Crippen molar-refractivity contribution in [2.45, 2.75) is 58.8 Å². The Labute approximate surface area is 202 Å². The van der Waals surface area contributed by atoms with Crippen molar-refractivity contribution in [2.75, 3.05) is 5.73 Å². The Balaban J connectivity index is 0.000000343. The number of nitrogens with two attached hydrogens (primary N) is 1. The first kappa shape index (κ1) is 25.1. The van der Waals surface area contributed by atoms with Gasteiger partial charge in [-0.05, 0) is 101 Å². The van der Waals surface area contributed by atoms with E-state index in [2.05, 4.69) is 59.8 Å². The van der Waals surface area contributed by atoms with E-state index in [0.29, 0.717) is 11.3 Å². The van der Waals surface area contributed by atoms with Crippen LogP contribution in [-0.2, 0) is 10.8 Å². The summed E-state index contributed by atoms with van der Waals surface area (Å²) in [4.78, 5) is 11.0. The predicted molar refractivity (Wildman–Crippen MR) is 141 cm³/mol. The molecule has 1 aliphatic carbocycles. The standard InChI is InChI=1S/C24H28O2.C6H7NO/c1-15(11-17-7-9-18(10-8-17)22(25)26)19-13-21-20(12-16(19)2)23(3,4)14-24(21,5)6;7-5-1-3-6(8)4-2-5/h7-13H,14H2,1-6H3,(H,25,26);1-4,8H,7H2. The number of fused-ring (bicyclic) bond motifs is 1. The summed E-state index contributed by atoms with van der Waals surface area (Å²) in [6, 6.07) is 18.2. The molecule has 34 heavy (non-hydrogen) atoms. The summed E-state index contributed by atoms with van der Waals surface area (Å²) in [5.74, 6) is -0.643. The number of phenolic OH excluding ortho intramolecular Hbond substituents is 1. The average Bonchev–Trinajstić information content (AvgIpc) is 2.93. The SMILES string of the molecule is CC(=Cc1ccc(C(=O)O)cc1)c1cc2c(cc1C)C(C)(C)CC2(C)C.Nc1ccc(O)cc1. The molecule has 3 aromatic rings. The normalized spacial score (nSPS) is 15.8. The Morgan fingerprint density at radius 3 is 1.94 bits per heavy atom. The molecule has 4 N–H and O–H groups in total. The maximum absolute atomic E-state index is 11.0. The van der Waals surface area contributed by atoms with Crippen LogP contribution in [-0.4, -0.2) is 16.2 Å².